The van der Waals surface area contributed by atoms with Gasteiger partial charge < -0.3 is 10.4 Å². The van der Waals surface area contributed by atoms with Crippen LogP contribution in [0.2, 0.25) is 5.02 Å². The quantitative estimate of drug-likeness (QED) is 0.904. The SMILES string of the molecule is Cc1ccnc(Nc2ccc(C(=O)O)c(Cl)c2)c1C#N. The number of pyridine rings is 1. The van der Waals surface area contributed by atoms with E-state index in [2.05, 4.69) is 16.4 Å². The molecule has 1 aromatic heterocycles. The Morgan fingerprint density at radius 1 is 1.45 bits per heavy atom. The van der Waals surface area contributed by atoms with E-state index in [9.17, 15) is 4.79 Å². The van der Waals surface area contributed by atoms with Crippen molar-refractivity contribution < 1.29 is 9.90 Å². The molecule has 0 unspecified atom stereocenters. The van der Waals surface area contributed by atoms with Crippen molar-refractivity contribution in [3.63, 3.8) is 0 Å². The molecule has 1 heterocycles. The van der Waals surface area contributed by atoms with Crippen molar-refractivity contribution in [1.29, 1.82) is 5.26 Å². The van der Waals surface area contributed by atoms with Crippen molar-refractivity contribution in [3.05, 3.63) is 52.2 Å². The fraction of sp³-hybridized carbons (Fsp3) is 0.0714. The van der Waals surface area contributed by atoms with E-state index in [0.29, 0.717) is 17.1 Å². The summed E-state index contributed by atoms with van der Waals surface area (Å²) in [5.41, 5.74) is 1.83. The van der Waals surface area contributed by atoms with Crippen LogP contribution in [0.4, 0.5) is 11.5 Å². The van der Waals surface area contributed by atoms with Crippen molar-refractivity contribution >= 4 is 29.1 Å². The van der Waals surface area contributed by atoms with Gasteiger partial charge in [0, 0.05) is 11.9 Å². The predicted octanol–water partition coefficient (Wildman–Crippen LogP) is 3.36. The van der Waals surface area contributed by atoms with Crippen molar-refractivity contribution in [2.24, 2.45) is 0 Å². The maximum atomic E-state index is 10.9. The largest absolute Gasteiger partial charge is 0.478 e. The van der Waals surface area contributed by atoms with Crippen LogP contribution in [-0.2, 0) is 0 Å². The van der Waals surface area contributed by atoms with Gasteiger partial charge in [-0.25, -0.2) is 9.78 Å². The summed E-state index contributed by atoms with van der Waals surface area (Å²) >= 11 is 5.89. The number of halogens is 1. The van der Waals surface area contributed by atoms with Crippen LogP contribution in [0, 0.1) is 18.3 Å². The highest BCUT2D eigenvalue weighted by Crippen LogP contribution is 2.25. The molecule has 0 saturated heterocycles. The van der Waals surface area contributed by atoms with E-state index in [-0.39, 0.29) is 10.6 Å². The average molecular weight is 288 g/mol. The number of nitrogens with zero attached hydrogens (tertiary/aromatic N) is 2. The Labute approximate surface area is 120 Å². The zero-order chi connectivity index (χ0) is 14.7. The minimum absolute atomic E-state index is 0.0231. The third-order valence-corrected chi connectivity index (χ3v) is 3.05. The Kier molecular flexibility index (Phi) is 3.87. The highest BCUT2D eigenvalue weighted by Gasteiger charge is 2.11. The number of carboxylic acids is 1. The molecule has 2 rings (SSSR count). The number of aryl methyl sites for hydroxylation is 1. The normalized spacial score (nSPS) is 9.85. The Morgan fingerprint density at radius 3 is 2.80 bits per heavy atom. The third-order valence-electron chi connectivity index (χ3n) is 2.73. The summed E-state index contributed by atoms with van der Waals surface area (Å²) < 4.78 is 0. The molecule has 0 spiro atoms. The van der Waals surface area contributed by atoms with Crippen LogP contribution in [0.25, 0.3) is 0 Å². The molecule has 0 aliphatic heterocycles. The molecule has 0 aliphatic rings. The summed E-state index contributed by atoms with van der Waals surface area (Å²) in [5.74, 6) is -0.681. The van der Waals surface area contributed by atoms with Crippen molar-refractivity contribution in [3.8, 4) is 6.07 Å². The van der Waals surface area contributed by atoms with Gasteiger partial charge in [-0.3, -0.25) is 0 Å². The number of carboxylic acid groups (broad SMARTS) is 1. The van der Waals surface area contributed by atoms with Crippen molar-refractivity contribution in [1.82, 2.24) is 4.98 Å². The first kappa shape index (κ1) is 13.8. The highest BCUT2D eigenvalue weighted by atomic mass is 35.5. The Balaban J connectivity index is 2.37. The molecule has 6 heteroatoms. The minimum Gasteiger partial charge on any atom is -0.478 e. The zero-order valence-corrected chi connectivity index (χ0v) is 11.3. The number of anilines is 2. The van der Waals surface area contributed by atoms with Gasteiger partial charge in [0.2, 0.25) is 0 Å². The molecular formula is C14H10ClN3O2. The van der Waals surface area contributed by atoms with E-state index in [4.69, 9.17) is 22.0 Å². The van der Waals surface area contributed by atoms with Crippen LogP contribution in [0.15, 0.2) is 30.5 Å². The lowest BCUT2D eigenvalue weighted by Crippen LogP contribution is -2.01. The molecule has 1 aromatic carbocycles. The summed E-state index contributed by atoms with van der Waals surface area (Å²) in [4.78, 5) is 15.0. The molecule has 0 amide bonds. The van der Waals surface area contributed by atoms with Gasteiger partial charge >= 0.3 is 5.97 Å². The molecule has 0 fully saturated rings. The smallest absolute Gasteiger partial charge is 0.337 e. The number of nitriles is 1. The lowest BCUT2D eigenvalue weighted by Gasteiger charge is -2.09. The highest BCUT2D eigenvalue weighted by molar-refractivity contribution is 6.33. The van der Waals surface area contributed by atoms with Gasteiger partial charge in [-0.15, -0.1) is 0 Å². The second-order valence-corrected chi connectivity index (χ2v) is 4.50. The molecule has 0 radical (unpaired) electrons. The van der Waals surface area contributed by atoms with E-state index in [1.54, 1.807) is 18.3 Å². The van der Waals surface area contributed by atoms with Crippen LogP contribution in [0.1, 0.15) is 21.5 Å². The molecule has 0 bridgehead atoms. The van der Waals surface area contributed by atoms with Crippen LogP contribution in [-0.4, -0.2) is 16.1 Å². The lowest BCUT2D eigenvalue weighted by molar-refractivity contribution is 0.0697. The molecule has 20 heavy (non-hydrogen) atoms. The molecule has 100 valence electrons. The van der Waals surface area contributed by atoms with Gasteiger partial charge in [0.25, 0.3) is 0 Å². The van der Waals surface area contributed by atoms with E-state index < -0.39 is 5.97 Å². The second kappa shape index (κ2) is 5.59. The van der Waals surface area contributed by atoms with E-state index in [0.717, 1.165) is 5.56 Å². The summed E-state index contributed by atoms with van der Waals surface area (Å²) in [6.45, 7) is 1.81. The Hall–Kier alpha value is -2.58. The Morgan fingerprint density at radius 2 is 2.20 bits per heavy atom. The van der Waals surface area contributed by atoms with Gasteiger partial charge in [-0.2, -0.15) is 5.26 Å². The summed E-state index contributed by atoms with van der Waals surface area (Å²) in [7, 11) is 0. The van der Waals surface area contributed by atoms with Gasteiger partial charge in [0.15, 0.2) is 0 Å². The first-order valence-electron chi connectivity index (χ1n) is 5.68. The standard InChI is InChI=1S/C14H10ClN3O2/c1-8-4-5-17-13(11(8)7-16)18-9-2-3-10(14(19)20)12(15)6-9/h2-6H,1H3,(H,17,18)(H,19,20). The molecule has 0 atom stereocenters. The number of rotatable bonds is 3. The summed E-state index contributed by atoms with van der Waals surface area (Å²) in [6.07, 6.45) is 1.59. The van der Waals surface area contributed by atoms with E-state index in [1.165, 1.54) is 12.1 Å². The topological polar surface area (TPSA) is 86.0 Å². The van der Waals surface area contributed by atoms with Crippen molar-refractivity contribution in [2.45, 2.75) is 6.92 Å². The minimum atomic E-state index is -1.09. The fourth-order valence-electron chi connectivity index (χ4n) is 1.70. The summed E-state index contributed by atoms with van der Waals surface area (Å²) in [6, 6.07) is 8.27. The summed E-state index contributed by atoms with van der Waals surface area (Å²) in [5, 5.41) is 21.1. The van der Waals surface area contributed by atoms with Gasteiger partial charge in [0.1, 0.15) is 11.9 Å². The predicted molar refractivity (Wildman–Crippen MR) is 75.4 cm³/mol. The first-order valence-corrected chi connectivity index (χ1v) is 6.06. The Bertz CT molecular complexity index is 723. The van der Waals surface area contributed by atoms with Crippen LogP contribution in [0.3, 0.4) is 0 Å². The number of benzene rings is 1. The van der Waals surface area contributed by atoms with E-state index >= 15 is 0 Å². The van der Waals surface area contributed by atoms with Gasteiger partial charge in [-0.1, -0.05) is 11.6 Å². The fourth-order valence-corrected chi connectivity index (χ4v) is 1.96. The van der Waals surface area contributed by atoms with Crippen molar-refractivity contribution in [2.75, 3.05) is 5.32 Å². The first-order chi connectivity index (χ1) is 9.52. The maximum absolute atomic E-state index is 10.9. The molecule has 0 saturated carbocycles. The average Bonchev–Trinajstić information content (AvgIpc) is 2.38. The monoisotopic (exact) mass is 287 g/mol. The zero-order valence-electron chi connectivity index (χ0n) is 10.5. The lowest BCUT2D eigenvalue weighted by atomic mass is 10.1. The third kappa shape index (κ3) is 2.71. The van der Waals surface area contributed by atoms with Gasteiger partial charge in [0.05, 0.1) is 16.1 Å². The van der Waals surface area contributed by atoms with E-state index in [1.807, 2.05) is 6.92 Å². The second-order valence-electron chi connectivity index (χ2n) is 4.09. The molecule has 5 nitrogen and oxygen atoms in total. The number of nitrogens with one attached hydrogen (secondary N) is 1. The van der Waals surface area contributed by atoms with Crippen LogP contribution < -0.4 is 5.32 Å². The van der Waals surface area contributed by atoms with Crippen LogP contribution in [0.5, 0.6) is 0 Å². The number of carbonyl (C=O) groups is 1. The van der Waals surface area contributed by atoms with Gasteiger partial charge in [-0.05, 0) is 36.8 Å². The molecule has 2 aromatic rings. The number of hydrogen-bond acceptors (Lipinski definition) is 4. The number of aromatic nitrogens is 1. The van der Waals surface area contributed by atoms with Crippen LogP contribution >= 0.6 is 11.6 Å². The molecular weight excluding hydrogens is 278 g/mol. The maximum Gasteiger partial charge on any atom is 0.337 e. The number of hydrogen-bond donors (Lipinski definition) is 2. The number of aromatic carboxylic acids is 1. The molecule has 2 N–H and O–H groups in total. The molecule has 0 aliphatic carbocycles.